The first-order valence-electron chi connectivity index (χ1n) is 8.11. The summed E-state index contributed by atoms with van der Waals surface area (Å²) in [6.07, 6.45) is 3.37. The van der Waals surface area contributed by atoms with Crippen molar-refractivity contribution in [3.05, 3.63) is 64.4 Å². The van der Waals surface area contributed by atoms with Crippen LogP contribution in [-0.4, -0.2) is 16.5 Å². The Labute approximate surface area is 139 Å². The second-order valence-corrected chi connectivity index (χ2v) is 6.66. The normalized spacial score (nSPS) is 19.2. The molecular formula is C19H16ClN3. The highest BCUT2D eigenvalue weighted by Crippen LogP contribution is 2.44. The van der Waals surface area contributed by atoms with E-state index in [0.717, 1.165) is 42.5 Å². The van der Waals surface area contributed by atoms with Crippen molar-refractivity contribution in [1.29, 1.82) is 0 Å². The molecule has 2 aromatic carbocycles. The zero-order valence-electron chi connectivity index (χ0n) is 12.7. The number of benzene rings is 2. The van der Waals surface area contributed by atoms with Crippen molar-refractivity contribution in [3.63, 3.8) is 0 Å². The molecule has 3 nitrogen and oxygen atoms in total. The first kappa shape index (κ1) is 13.3. The highest BCUT2D eigenvalue weighted by atomic mass is 35.5. The maximum absolute atomic E-state index is 6.20. The van der Waals surface area contributed by atoms with Crippen LogP contribution >= 0.6 is 11.6 Å². The highest BCUT2D eigenvalue weighted by Gasteiger charge is 2.34. The van der Waals surface area contributed by atoms with Crippen molar-refractivity contribution >= 4 is 28.3 Å². The topological polar surface area (TPSA) is 29.0 Å². The van der Waals surface area contributed by atoms with Crippen molar-refractivity contribution in [2.75, 3.05) is 11.4 Å². The highest BCUT2D eigenvalue weighted by molar-refractivity contribution is 6.28. The van der Waals surface area contributed by atoms with Crippen LogP contribution in [-0.2, 0) is 12.8 Å². The molecule has 23 heavy (non-hydrogen) atoms. The third-order valence-corrected chi connectivity index (χ3v) is 5.30. The molecule has 1 aliphatic heterocycles. The van der Waals surface area contributed by atoms with Gasteiger partial charge in [-0.25, -0.2) is 4.98 Å². The van der Waals surface area contributed by atoms with Gasteiger partial charge < -0.3 is 4.90 Å². The van der Waals surface area contributed by atoms with E-state index in [4.69, 9.17) is 11.6 Å². The van der Waals surface area contributed by atoms with Gasteiger partial charge in [0.2, 0.25) is 5.28 Å². The smallest absolute Gasteiger partial charge is 0.224 e. The Morgan fingerprint density at radius 3 is 2.70 bits per heavy atom. The first-order chi connectivity index (χ1) is 11.3. The first-order valence-corrected chi connectivity index (χ1v) is 8.48. The molecule has 2 heterocycles. The molecule has 0 radical (unpaired) electrons. The number of para-hydroxylation sites is 1. The summed E-state index contributed by atoms with van der Waals surface area (Å²) in [7, 11) is 0. The van der Waals surface area contributed by atoms with Crippen LogP contribution < -0.4 is 4.90 Å². The van der Waals surface area contributed by atoms with Gasteiger partial charge in [0, 0.05) is 11.9 Å². The number of fused-ring (bicyclic) bond motifs is 1. The fourth-order valence-corrected chi connectivity index (χ4v) is 4.35. The van der Waals surface area contributed by atoms with Crippen LogP contribution in [0.3, 0.4) is 0 Å². The Balaban J connectivity index is 1.70. The number of hydrogen-bond donors (Lipinski definition) is 0. The van der Waals surface area contributed by atoms with E-state index < -0.39 is 0 Å². The Kier molecular flexibility index (Phi) is 2.86. The second kappa shape index (κ2) is 4.93. The van der Waals surface area contributed by atoms with Gasteiger partial charge >= 0.3 is 0 Å². The van der Waals surface area contributed by atoms with Crippen molar-refractivity contribution in [2.24, 2.45) is 0 Å². The van der Waals surface area contributed by atoms with Gasteiger partial charge in [-0.3, -0.25) is 0 Å². The van der Waals surface area contributed by atoms with Crippen LogP contribution in [0.2, 0.25) is 5.28 Å². The summed E-state index contributed by atoms with van der Waals surface area (Å²) < 4.78 is 0. The lowest BCUT2D eigenvalue weighted by Crippen LogP contribution is -2.35. The van der Waals surface area contributed by atoms with Gasteiger partial charge in [-0.05, 0) is 59.7 Å². The third-order valence-electron chi connectivity index (χ3n) is 5.13. The summed E-state index contributed by atoms with van der Waals surface area (Å²) in [4.78, 5) is 11.4. The van der Waals surface area contributed by atoms with Crippen LogP contribution in [0, 0.1) is 0 Å². The largest absolute Gasteiger partial charge is 0.349 e. The number of aromatic nitrogens is 2. The average Bonchev–Trinajstić information content (AvgIpc) is 3.01. The third kappa shape index (κ3) is 1.96. The van der Waals surface area contributed by atoms with E-state index >= 15 is 0 Å². The molecular weight excluding hydrogens is 306 g/mol. The van der Waals surface area contributed by atoms with Crippen LogP contribution in [0.1, 0.15) is 29.2 Å². The molecule has 0 saturated carbocycles. The zero-order valence-corrected chi connectivity index (χ0v) is 13.4. The van der Waals surface area contributed by atoms with Crippen LogP contribution in [0.4, 0.5) is 5.82 Å². The molecule has 0 N–H and O–H groups in total. The molecule has 0 bridgehead atoms. The minimum absolute atomic E-state index is 0.329. The number of anilines is 1. The van der Waals surface area contributed by atoms with Gasteiger partial charge in [-0.15, -0.1) is 0 Å². The molecule has 5 rings (SSSR count). The molecule has 1 atom stereocenters. The van der Waals surface area contributed by atoms with Crippen molar-refractivity contribution in [1.82, 2.24) is 9.97 Å². The Bertz CT molecular complexity index is 922. The maximum atomic E-state index is 6.20. The number of aryl methyl sites for hydroxylation is 1. The summed E-state index contributed by atoms with van der Waals surface area (Å²) in [5.41, 5.74) is 5.45. The van der Waals surface area contributed by atoms with E-state index in [0.29, 0.717) is 11.3 Å². The van der Waals surface area contributed by atoms with E-state index in [1.54, 1.807) is 0 Å². The molecule has 4 heteroatoms. The minimum atomic E-state index is 0.329. The molecule has 0 amide bonds. The standard InChI is InChI=1S/C19H16ClN3/c20-19-21-15-7-2-1-6-14(15)18(22-19)23-11-10-13-5-3-4-12-8-9-16(23)17(12)13/h1-7,16H,8-11H2. The fraction of sp³-hybridized carbons (Fsp3) is 0.263. The maximum Gasteiger partial charge on any atom is 0.224 e. The minimum Gasteiger partial charge on any atom is -0.349 e. The van der Waals surface area contributed by atoms with E-state index in [1.165, 1.54) is 16.7 Å². The predicted molar refractivity (Wildman–Crippen MR) is 93.1 cm³/mol. The summed E-state index contributed by atoms with van der Waals surface area (Å²) >= 11 is 6.20. The van der Waals surface area contributed by atoms with Crippen molar-refractivity contribution in [3.8, 4) is 0 Å². The van der Waals surface area contributed by atoms with E-state index in [1.807, 2.05) is 18.2 Å². The lowest BCUT2D eigenvalue weighted by Gasteiger charge is -2.36. The van der Waals surface area contributed by atoms with Gasteiger partial charge in [0.15, 0.2) is 0 Å². The van der Waals surface area contributed by atoms with Gasteiger partial charge in [-0.1, -0.05) is 30.3 Å². The lowest BCUT2D eigenvalue weighted by atomic mass is 9.93. The SMILES string of the molecule is Clc1nc(N2CCc3cccc4c3C2CC4)c2ccccc2n1. The van der Waals surface area contributed by atoms with Crippen LogP contribution in [0.5, 0.6) is 0 Å². The average molecular weight is 322 g/mol. The summed E-state index contributed by atoms with van der Waals surface area (Å²) in [6, 6.07) is 15.3. The van der Waals surface area contributed by atoms with Gasteiger partial charge in [-0.2, -0.15) is 4.98 Å². The quantitative estimate of drug-likeness (QED) is 0.625. The molecule has 2 aliphatic rings. The Hall–Kier alpha value is -2.13. The van der Waals surface area contributed by atoms with Crippen molar-refractivity contribution in [2.45, 2.75) is 25.3 Å². The number of rotatable bonds is 1. The summed E-state index contributed by atoms with van der Waals surface area (Å²) in [6.45, 7) is 0.985. The van der Waals surface area contributed by atoms with Gasteiger partial charge in [0.25, 0.3) is 0 Å². The van der Waals surface area contributed by atoms with E-state index in [-0.39, 0.29) is 0 Å². The molecule has 1 unspecified atom stereocenters. The number of nitrogens with zero attached hydrogens (tertiary/aromatic N) is 3. The lowest BCUT2D eigenvalue weighted by molar-refractivity contribution is 0.579. The molecule has 0 fully saturated rings. The summed E-state index contributed by atoms with van der Waals surface area (Å²) in [5, 5.41) is 1.42. The molecule has 1 aromatic heterocycles. The Morgan fingerprint density at radius 2 is 1.78 bits per heavy atom. The zero-order chi connectivity index (χ0) is 15.4. The molecule has 1 aliphatic carbocycles. The Morgan fingerprint density at radius 1 is 0.957 bits per heavy atom. The number of hydrogen-bond acceptors (Lipinski definition) is 3. The predicted octanol–water partition coefficient (Wildman–Crippen LogP) is 4.33. The summed E-state index contributed by atoms with van der Waals surface area (Å²) in [5.74, 6) is 0.980. The number of halogens is 1. The molecule has 0 spiro atoms. The van der Waals surface area contributed by atoms with Crippen LogP contribution in [0.25, 0.3) is 10.9 Å². The van der Waals surface area contributed by atoms with Crippen LogP contribution in [0.15, 0.2) is 42.5 Å². The van der Waals surface area contributed by atoms with E-state index in [9.17, 15) is 0 Å². The van der Waals surface area contributed by atoms with E-state index in [2.05, 4.69) is 39.1 Å². The molecule has 0 saturated heterocycles. The monoisotopic (exact) mass is 321 g/mol. The fourth-order valence-electron chi connectivity index (χ4n) is 4.18. The van der Waals surface area contributed by atoms with Gasteiger partial charge in [0.1, 0.15) is 5.82 Å². The second-order valence-electron chi connectivity index (χ2n) is 6.32. The molecule has 114 valence electrons. The van der Waals surface area contributed by atoms with Gasteiger partial charge in [0.05, 0.1) is 11.6 Å². The molecule has 3 aromatic rings. The van der Waals surface area contributed by atoms with Crippen molar-refractivity contribution < 1.29 is 0 Å².